The first-order chi connectivity index (χ1) is 38.5. The molecule has 6 heteroatoms. The van der Waals surface area contributed by atoms with Gasteiger partial charge in [-0.05, 0) is 89.9 Å². The van der Waals surface area contributed by atoms with Crippen molar-refractivity contribution in [2.24, 2.45) is 0 Å². The third-order valence-corrected chi connectivity index (χ3v) is 14.0. The van der Waals surface area contributed by atoms with Crippen molar-refractivity contribution in [3.8, 4) is 0 Å². The Hall–Kier alpha value is -3.93. The van der Waals surface area contributed by atoms with Gasteiger partial charge in [0.05, 0.1) is 0 Å². The van der Waals surface area contributed by atoms with Crippen LogP contribution in [0.15, 0.2) is 109 Å². The molecular weight excluding hydrogens is 961 g/mol. The monoisotopic (exact) mass is 1080 g/mol. The van der Waals surface area contributed by atoms with Crippen LogP contribution in [-0.4, -0.2) is 37.2 Å². The summed E-state index contributed by atoms with van der Waals surface area (Å²) in [5.41, 5.74) is 0. The molecule has 0 bridgehead atoms. The Morgan fingerprint density at radius 1 is 0.269 bits per heavy atom. The highest BCUT2D eigenvalue weighted by Crippen LogP contribution is 2.17. The Labute approximate surface area is 482 Å². The molecule has 0 spiro atoms. The van der Waals surface area contributed by atoms with Crippen molar-refractivity contribution in [1.29, 1.82) is 0 Å². The first-order valence-electron chi connectivity index (χ1n) is 32.9. The average Bonchev–Trinajstić information content (AvgIpc) is 3.44. The lowest BCUT2D eigenvalue weighted by Crippen LogP contribution is -2.30. The highest BCUT2D eigenvalue weighted by molar-refractivity contribution is 5.71. The lowest BCUT2D eigenvalue weighted by atomic mass is 10.0. The zero-order chi connectivity index (χ0) is 56.4. The van der Waals surface area contributed by atoms with Gasteiger partial charge in [0.15, 0.2) is 6.10 Å². The van der Waals surface area contributed by atoms with Crippen LogP contribution in [0.1, 0.15) is 310 Å². The summed E-state index contributed by atoms with van der Waals surface area (Å²) in [6.07, 6.45) is 89.7. The molecule has 0 aromatic carbocycles. The van der Waals surface area contributed by atoms with Crippen molar-refractivity contribution in [3.63, 3.8) is 0 Å². The predicted octanol–water partition coefficient (Wildman–Crippen LogP) is 22.6. The molecule has 0 radical (unpaired) electrons. The van der Waals surface area contributed by atoms with Crippen molar-refractivity contribution in [2.45, 2.75) is 316 Å². The number of allylic oxidation sites excluding steroid dienone is 18. The summed E-state index contributed by atoms with van der Waals surface area (Å²) in [5.74, 6) is -0.912. The molecule has 0 N–H and O–H groups in total. The lowest BCUT2D eigenvalue weighted by molar-refractivity contribution is -0.167. The van der Waals surface area contributed by atoms with Gasteiger partial charge in [-0.25, -0.2) is 0 Å². The van der Waals surface area contributed by atoms with Gasteiger partial charge in [-0.3, -0.25) is 14.4 Å². The second-order valence-corrected chi connectivity index (χ2v) is 21.7. The fraction of sp³-hybridized carbons (Fsp3) is 0.708. The molecule has 0 rings (SSSR count). The molecule has 446 valence electrons. The summed E-state index contributed by atoms with van der Waals surface area (Å²) in [5, 5.41) is 0. The molecule has 78 heavy (non-hydrogen) atoms. The van der Waals surface area contributed by atoms with Crippen molar-refractivity contribution >= 4 is 17.9 Å². The predicted molar refractivity (Wildman–Crippen MR) is 339 cm³/mol. The standard InChI is InChI=1S/C72H122O6/c1-4-7-10-13-16-19-21-23-25-27-29-31-32-33-34-35-36-37-38-39-40-41-43-44-46-48-50-53-56-59-62-65-71(74)77-68-69(67-76-70(73)64-61-58-55-52-18-15-12-9-6-3)78-72(75)66-63-60-57-54-51-49-47-45-42-30-28-26-24-22-20-17-14-11-8-5-2/h7,10,16,19,23,25,29,31,33-34,36-37,39-40,43-44,48,50,69H,4-6,8-9,11-15,17-18,20-22,24,26-28,30,32,35,38,41-42,45-47,49,51-68H2,1-3H3/b10-7-,19-16-,25-23-,31-29-,34-33-,37-36-,40-39-,44-43-,50-48-. The SMILES string of the molecule is CC/C=C\C/C=C\C/C=C\C/C=C\C/C=C\C/C=C\C/C=C\C/C=C\C/C=C\CCCCCC(=O)OCC(COC(=O)CCCCCCCCCCC)OC(=O)CCCCCCCCCCCCCCCCCCCCCC. The van der Waals surface area contributed by atoms with Gasteiger partial charge < -0.3 is 14.2 Å². The van der Waals surface area contributed by atoms with Crippen LogP contribution in [0.2, 0.25) is 0 Å². The van der Waals surface area contributed by atoms with Gasteiger partial charge in [0.25, 0.3) is 0 Å². The number of carbonyl (C=O) groups is 3. The molecule has 1 unspecified atom stereocenters. The quantitative estimate of drug-likeness (QED) is 0.0261. The van der Waals surface area contributed by atoms with E-state index in [4.69, 9.17) is 14.2 Å². The first-order valence-corrected chi connectivity index (χ1v) is 32.9. The van der Waals surface area contributed by atoms with Crippen molar-refractivity contribution in [2.75, 3.05) is 13.2 Å². The van der Waals surface area contributed by atoms with Crippen LogP contribution in [0.25, 0.3) is 0 Å². The van der Waals surface area contributed by atoms with Gasteiger partial charge in [-0.2, -0.15) is 0 Å². The van der Waals surface area contributed by atoms with E-state index in [2.05, 4.69) is 130 Å². The summed E-state index contributed by atoms with van der Waals surface area (Å²) in [6, 6.07) is 0. The maximum atomic E-state index is 12.9. The van der Waals surface area contributed by atoms with E-state index < -0.39 is 6.10 Å². The summed E-state index contributed by atoms with van der Waals surface area (Å²) in [7, 11) is 0. The van der Waals surface area contributed by atoms with Crippen molar-refractivity contribution in [3.05, 3.63) is 109 Å². The topological polar surface area (TPSA) is 78.9 Å². The Morgan fingerprint density at radius 2 is 0.500 bits per heavy atom. The summed E-state index contributed by atoms with van der Waals surface area (Å²) in [6.45, 7) is 6.51. The van der Waals surface area contributed by atoms with Crippen LogP contribution in [0.3, 0.4) is 0 Å². The molecule has 0 aromatic rings. The van der Waals surface area contributed by atoms with E-state index in [-0.39, 0.29) is 31.1 Å². The number of rotatable bonds is 59. The highest BCUT2D eigenvalue weighted by atomic mass is 16.6. The number of unbranched alkanes of at least 4 members (excludes halogenated alkanes) is 30. The van der Waals surface area contributed by atoms with E-state index in [0.717, 1.165) is 122 Å². The lowest BCUT2D eigenvalue weighted by Gasteiger charge is -2.18. The Morgan fingerprint density at radius 3 is 0.782 bits per heavy atom. The summed E-state index contributed by atoms with van der Waals surface area (Å²) >= 11 is 0. The van der Waals surface area contributed by atoms with Crippen LogP contribution in [0, 0.1) is 0 Å². The minimum absolute atomic E-state index is 0.0855. The van der Waals surface area contributed by atoms with Gasteiger partial charge in [0, 0.05) is 19.3 Å². The van der Waals surface area contributed by atoms with Crippen LogP contribution in [0.4, 0.5) is 0 Å². The Bertz CT molecular complexity index is 1570. The molecule has 0 saturated heterocycles. The molecular formula is C72H122O6. The van der Waals surface area contributed by atoms with Crippen LogP contribution < -0.4 is 0 Å². The summed E-state index contributed by atoms with van der Waals surface area (Å²) < 4.78 is 16.9. The molecule has 0 aliphatic rings. The largest absolute Gasteiger partial charge is 0.462 e. The maximum absolute atomic E-state index is 12.9. The second kappa shape index (κ2) is 65.6. The zero-order valence-electron chi connectivity index (χ0n) is 51.2. The minimum atomic E-state index is -0.790. The zero-order valence-corrected chi connectivity index (χ0v) is 51.2. The number of ether oxygens (including phenoxy) is 3. The van der Waals surface area contributed by atoms with Gasteiger partial charge in [0.2, 0.25) is 0 Å². The van der Waals surface area contributed by atoms with Gasteiger partial charge in [-0.15, -0.1) is 0 Å². The van der Waals surface area contributed by atoms with E-state index in [1.165, 1.54) is 148 Å². The third kappa shape index (κ3) is 62.9. The van der Waals surface area contributed by atoms with Gasteiger partial charge in [0.1, 0.15) is 13.2 Å². The van der Waals surface area contributed by atoms with Crippen LogP contribution in [-0.2, 0) is 28.6 Å². The molecule has 0 aliphatic heterocycles. The number of hydrogen-bond donors (Lipinski definition) is 0. The second-order valence-electron chi connectivity index (χ2n) is 21.7. The molecule has 0 saturated carbocycles. The normalized spacial score (nSPS) is 12.8. The van der Waals surface area contributed by atoms with Gasteiger partial charge in [-0.1, -0.05) is 310 Å². The van der Waals surface area contributed by atoms with Crippen molar-refractivity contribution < 1.29 is 28.6 Å². The number of carbonyl (C=O) groups excluding carboxylic acids is 3. The molecule has 0 aromatic heterocycles. The molecule has 0 fully saturated rings. The first kappa shape index (κ1) is 74.1. The Kier molecular flexibility index (Phi) is 62.3. The minimum Gasteiger partial charge on any atom is -0.462 e. The van der Waals surface area contributed by atoms with Crippen LogP contribution in [0.5, 0.6) is 0 Å². The molecule has 0 aliphatic carbocycles. The summed E-state index contributed by atoms with van der Waals surface area (Å²) in [4.78, 5) is 38.2. The van der Waals surface area contributed by atoms with E-state index in [1.54, 1.807) is 0 Å². The van der Waals surface area contributed by atoms with E-state index in [1.807, 2.05) is 0 Å². The Balaban J connectivity index is 4.28. The number of esters is 3. The van der Waals surface area contributed by atoms with E-state index >= 15 is 0 Å². The third-order valence-electron chi connectivity index (χ3n) is 14.0. The molecule has 1 atom stereocenters. The fourth-order valence-corrected chi connectivity index (χ4v) is 9.14. The van der Waals surface area contributed by atoms with Crippen molar-refractivity contribution in [1.82, 2.24) is 0 Å². The fourth-order valence-electron chi connectivity index (χ4n) is 9.14. The van der Waals surface area contributed by atoms with Crippen LogP contribution >= 0.6 is 0 Å². The highest BCUT2D eigenvalue weighted by Gasteiger charge is 2.19. The van der Waals surface area contributed by atoms with Gasteiger partial charge >= 0.3 is 17.9 Å². The number of hydrogen-bond acceptors (Lipinski definition) is 6. The molecule has 6 nitrogen and oxygen atoms in total. The molecule has 0 heterocycles. The maximum Gasteiger partial charge on any atom is 0.306 e. The van der Waals surface area contributed by atoms with E-state index in [9.17, 15) is 14.4 Å². The average molecular weight is 1080 g/mol. The van der Waals surface area contributed by atoms with E-state index in [0.29, 0.717) is 19.3 Å². The smallest absolute Gasteiger partial charge is 0.306 e. The molecule has 0 amide bonds.